The van der Waals surface area contributed by atoms with E-state index in [-0.39, 0.29) is 12.3 Å². The van der Waals surface area contributed by atoms with Crippen LogP contribution in [-0.2, 0) is 14.3 Å². The number of rotatable bonds is 5. The van der Waals surface area contributed by atoms with Crippen molar-refractivity contribution >= 4 is 12.0 Å². The number of carbonyl (C=O) groups is 2. The normalized spacial score (nSPS) is 20.4. The van der Waals surface area contributed by atoms with Crippen molar-refractivity contribution < 1.29 is 19.1 Å². The highest BCUT2D eigenvalue weighted by molar-refractivity contribution is 5.78. The first kappa shape index (κ1) is 17.5. The van der Waals surface area contributed by atoms with Crippen LogP contribution in [0.3, 0.4) is 0 Å². The molecule has 0 aromatic heterocycles. The highest BCUT2D eigenvalue weighted by Gasteiger charge is 2.24. The fourth-order valence-corrected chi connectivity index (χ4v) is 3.00. The van der Waals surface area contributed by atoms with Gasteiger partial charge in [-0.15, -0.1) is 0 Å². The number of ether oxygens (including phenoxy) is 2. The molecule has 1 saturated heterocycles. The van der Waals surface area contributed by atoms with Crippen molar-refractivity contribution in [2.75, 3.05) is 32.8 Å². The third-order valence-electron chi connectivity index (χ3n) is 4.38. The smallest absolute Gasteiger partial charge is 0.408 e. The number of amides is 2. The molecule has 1 aliphatic carbocycles. The van der Waals surface area contributed by atoms with Crippen LogP contribution in [0, 0.1) is 17.2 Å². The Hall–Kier alpha value is -1.81. The van der Waals surface area contributed by atoms with Gasteiger partial charge in [-0.05, 0) is 18.8 Å². The molecule has 1 aliphatic heterocycles. The summed E-state index contributed by atoms with van der Waals surface area (Å²) in [5, 5.41) is 11.8. The van der Waals surface area contributed by atoms with Crippen LogP contribution < -0.4 is 5.32 Å². The molecule has 23 heavy (non-hydrogen) atoms. The molecule has 0 spiro atoms. The average Bonchev–Trinajstić information content (AvgIpc) is 2.61. The summed E-state index contributed by atoms with van der Waals surface area (Å²) in [6, 6.07) is 1.88. The highest BCUT2D eigenvalue weighted by Crippen LogP contribution is 2.22. The Balaban J connectivity index is 1.69. The van der Waals surface area contributed by atoms with E-state index in [9.17, 15) is 9.59 Å². The van der Waals surface area contributed by atoms with Gasteiger partial charge in [-0.2, -0.15) is 5.26 Å². The predicted octanol–water partition coefficient (Wildman–Crippen LogP) is 1.43. The van der Waals surface area contributed by atoms with Crippen molar-refractivity contribution in [1.29, 1.82) is 5.26 Å². The maximum atomic E-state index is 12.1. The van der Waals surface area contributed by atoms with E-state index in [4.69, 9.17) is 14.7 Å². The molecule has 1 atom stereocenters. The highest BCUT2D eigenvalue weighted by atomic mass is 16.6. The van der Waals surface area contributed by atoms with Crippen molar-refractivity contribution in [2.45, 2.75) is 44.6 Å². The maximum absolute atomic E-state index is 12.1. The van der Waals surface area contributed by atoms with E-state index in [0.29, 0.717) is 38.8 Å². The van der Waals surface area contributed by atoms with Crippen LogP contribution in [0.15, 0.2) is 0 Å². The zero-order chi connectivity index (χ0) is 16.5. The van der Waals surface area contributed by atoms with Crippen LogP contribution in [0.2, 0.25) is 0 Å². The first-order valence-electron chi connectivity index (χ1n) is 8.38. The minimum Gasteiger partial charge on any atom is -0.430 e. The SMILES string of the molecule is N#C[C@H](CC(=O)N1CCOCC1)OC(=O)NCC1CCCCC1. The summed E-state index contributed by atoms with van der Waals surface area (Å²) < 4.78 is 10.2. The monoisotopic (exact) mass is 323 g/mol. The van der Waals surface area contributed by atoms with Gasteiger partial charge >= 0.3 is 6.09 Å². The average molecular weight is 323 g/mol. The van der Waals surface area contributed by atoms with Crippen LogP contribution >= 0.6 is 0 Å². The van der Waals surface area contributed by atoms with Gasteiger partial charge in [-0.25, -0.2) is 4.79 Å². The van der Waals surface area contributed by atoms with Crippen molar-refractivity contribution in [3.05, 3.63) is 0 Å². The molecule has 1 saturated carbocycles. The summed E-state index contributed by atoms with van der Waals surface area (Å²) in [4.78, 5) is 25.5. The molecular formula is C16H25N3O4. The molecule has 7 nitrogen and oxygen atoms in total. The lowest BCUT2D eigenvalue weighted by atomic mass is 9.89. The molecule has 0 unspecified atom stereocenters. The first-order chi connectivity index (χ1) is 11.2. The van der Waals surface area contributed by atoms with Gasteiger partial charge in [-0.3, -0.25) is 4.79 Å². The van der Waals surface area contributed by atoms with Gasteiger partial charge in [0.2, 0.25) is 5.91 Å². The number of carbonyl (C=O) groups excluding carboxylic acids is 2. The van der Waals surface area contributed by atoms with Crippen molar-refractivity contribution in [3.63, 3.8) is 0 Å². The second kappa shape index (κ2) is 9.36. The standard InChI is InChI=1S/C16H25N3O4/c17-11-14(10-15(20)19-6-8-22-9-7-19)23-16(21)18-12-13-4-2-1-3-5-13/h13-14H,1-10,12H2,(H,18,21)/t14-/m0/s1. The summed E-state index contributed by atoms with van der Waals surface area (Å²) in [5.41, 5.74) is 0. The van der Waals surface area contributed by atoms with Gasteiger partial charge < -0.3 is 19.7 Å². The number of morpholine rings is 1. The number of hydrogen-bond donors (Lipinski definition) is 1. The Morgan fingerprint density at radius 3 is 2.61 bits per heavy atom. The lowest BCUT2D eigenvalue weighted by Gasteiger charge is -2.27. The fraction of sp³-hybridized carbons (Fsp3) is 0.812. The maximum Gasteiger partial charge on any atom is 0.408 e. The summed E-state index contributed by atoms with van der Waals surface area (Å²) in [6.07, 6.45) is 4.16. The molecule has 128 valence electrons. The summed E-state index contributed by atoms with van der Waals surface area (Å²) >= 11 is 0. The van der Waals surface area contributed by atoms with Gasteiger partial charge in [-0.1, -0.05) is 19.3 Å². The Kier molecular flexibility index (Phi) is 7.14. The molecule has 1 heterocycles. The van der Waals surface area contributed by atoms with Gasteiger partial charge in [0.05, 0.1) is 19.6 Å². The molecule has 2 fully saturated rings. The number of nitrogens with zero attached hydrogens (tertiary/aromatic N) is 2. The van der Waals surface area contributed by atoms with Crippen molar-refractivity contribution in [2.24, 2.45) is 5.92 Å². The van der Waals surface area contributed by atoms with Gasteiger partial charge in [0.15, 0.2) is 6.10 Å². The molecule has 2 amide bonds. The Morgan fingerprint density at radius 2 is 1.96 bits per heavy atom. The molecule has 0 radical (unpaired) electrons. The molecule has 0 aromatic rings. The third-order valence-corrected chi connectivity index (χ3v) is 4.38. The van der Waals surface area contributed by atoms with Gasteiger partial charge in [0, 0.05) is 19.6 Å². The van der Waals surface area contributed by atoms with E-state index in [1.807, 2.05) is 6.07 Å². The van der Waals surface area contributed by atoms with Crippen LogP contribution in [0.1, 0.15) is 38.5 Å². The minimum absolute atomic E-state index is 0.104. The van der Waals surface area contributed by atoms with E-state index >= 15 is 0 Å². The second-order valence-corrected chi connectivity index (χ2v) is 6.11. The van der Waals surface area contributed by atoms with Crippen LogP contribution in [-0.4, -0.2) is 55.9 Å². The third kappa shape index (κ3) is 6.06. The molecule has 0 aromatic carbocycles. The number of hydrogen-bond acceptors (Lipinski definition) is 5. The molecule has 0 bridgehead atoms. The minimum atomic E-state index is -1.04. The van der Waals surface area contributed by atoms with Crippen LogP contribution in [0.4, 0.5) is 4.79 Å². The number of nitriles is 1. The quantitative estimate of drug-likeness (QED) is 0.826. The van der Waals surface area contributed by atoms with Crippen molar-refractivity contribution in [1.82, 2.24) is 10.2 Å². The molecule has 2 aliphatic rings. The van der Waals surface area contributed by atoms with Gasteiger partial charge in [0.25, 0.3) is 0 Å². The molecule has 7 heteroatoms. The Labute approximate surface area is 136 Å². The topological polar surface area (TPSA) is 91.7 Å². The second-order valence-electron chi connectivity index (χ2n) is 6.11. The first-order valence-corrected chi connectivity index (χ1v) is 8.38. The number of alkyl carbamates (subject to hydrolysis) is 1. The fourth-order valence-electron chi connectivity index (χ4n) is 3.00. The van der Waals surface area contributed by atoms with E-state index < -0.39 is 12.2 Å². The molecule has 2 rings (SSSR count). The summed E-state index contributed by atoms with van der Waals surface area (Å²) in [7, 11) is 0. The zero-order valence-corrected chi connectivity index (χ0v) is 13.5. The van der Waals surface area contributed by atoms with E-state index in [2.05, 4.69) is 5.32 Å². The largest absolute Gasteiger partial charge is 0.430 e. The molecule has 1 N–H and O–H groups in total. The van der Waals surface area contributed by atoms with Crippen LogP contribution in [0.5, 0.6) is 0 Å². The molecular weight excluding hydrogens is 298 g/mol. The van der Waals surface area contributed by atoms with E-state index in [0.717, 1.165) is 12.8 Å². The summed E-state index contributed by atoms with van der Waals surface area (Å²) in [5.74, 6) is 0.312. The summed E-state index contributed by atoms with van der Waals surface area (Å²) in [6.45, 7) is 2.63. The zero-order valence-electron chi connectivity index (χ0n) is 13.5. The van der Waals surface area contributed by atoms with E-state index in [1.54, 1.807) is 4.90 Å². The van der Waals surface area contributed by atoms with Crippen LogP contribution in [0.25, 0.3) is 0 Å². The predicted molar refractivity (Wildman–Crippen MR) is 82.5 cm³/mol. The van der Waals surface area contributed by atoms with Crippen molar-refractivity contribution in [3.8, 4) is 6.07 Å². The van der Waals surface area contributed by atoms with Gasteiger partial charge in [0.1, 0.15) is 6.07 Å². The lowest BCUT2D eigenvalue weighted by molar-refractivity contribution is -0.136. The lowest BCUT2D eigenvalue weighted by Crippen LogP contribution is -2.42. The Morgan fingerprint density at radius 1 is 1.26 bits per heavy atom. The Bertz CT molecular complexity index is 437. The number of nitrogens with one attached hydrogen (secondary N) is 1. The van der Waals surface area contributed by atoms with E-state index in [1.165, 1.54) is 19.3 Å².